The third-order valence-corrected chi connectivity index (χ3v) is 3.63. The van der Waals surface area contributed by atoms with E-state index in [0.29, 0.717) is 39.5 Å². The van der Waals surface area contributed by atoms with Gasteiger partial charge in [0.1, 0.15) is 12.4 Å². The normalized spacial score (nSPS) is 11.3. The minimum absolute atomic E-state index is 0.485. The Labute approximate surface area is 164 Å². The highest BCUT2D eigenvalue weighted by atomic mass is 16.5. The first-order valence-electron chi connectivity index (χ1n) is 9.81. The largest absolute Gasteiger partial charge is 0.489 e. The number of unbranched alkanes of at least 4 members (excludes halogenated alkanes) is 1. The van der Waals surface area contributed by atoms with E-state index in [4.69, 9.17) is 14.2 Å². The third-order valence-electron chi connectivity index (χ3n) is 3.63. The number of para-hydroxylation sites is 1. The fraction of sp³-hybridized carbons (Fsp3) is 0.571. The minimum Gasteiger partial charge on any atom is -0.489 e. The lowest BCUT2D eigenvalue weighted by Crippen LogP contribution is -2.39. The van der Waals surface area contributed by atoms with E-state index in [2.05, 4.69) is 29.1 Å². The molecule has 0 aliphatic rings. The van der Waals surface area contributed by atoms with Crippen LogP contribution in [0.25, 0.3) is 0 Å². The molecule has 0 aromatic heterocycles. The lowest BCUT2D eigenvalue weighted by atomic mass is 10.2. The molecule has 6 nitrogen and oxygen atoms in total. The molecule has 0 atom stereocenters. The Morgan fingerprint density at radius 1 is 1.07 bits per heavy atom. The lowest BCUT2D eigenvalue weighted by Gasteiger charge is -2.13. The highest BCUT2D eigenvalue weighted by molar-refractivity contribution is 5.79. The molecule has 0 saturated heterocycles. The highest BCUT2D eigenvalue weighted by Gasteiger charge is 2.03. The van der Waals surface area contributed by atoms with Gasteiger partial charge in [0.25, 0.3) is 0 Å². The predicted molar refractivity (Wildman–Crippen MR) is 111 cm³/mol. The van der Waals surface area contributed by atoms with E-state index < -0.39 is 0 Å². The van der Waals surface area contributed by atoms with Crippen LogP contribution in [0, 0.1) is 0 Å². The molecule has 2 N–H and O–H groups in total. The zero-order valence-electron chi connectivity index (χ0n) is 16.8. The van der Waals surface area contributed by atoms with Crippen LogP contribution in [-0.4, -0.2) is 52.1 Å². The van der Waals surface area contributed by atoms with Gasteiger partial charge < -0.3 is 24.8 Å². The number of aliphatic imine (C=N–C) groups is 1. The summed E-state index contributed by atoms with van der Waals surface area (Å²) in [5, 5.41) is 6.52. The summed E-state index contributed by atoms with van der Waals surface area (Å²) in [7, 11) is 0. The first-order chi connectivity index (χ1) is 13.3. The van der Waals surface area contributed by atoms with E-state index in [9.17, 15) is 0 Å². The summed E-state index contributed by atoms with van der Waals surface area (Å²) in [4.78, 5) is 4.63. The van der Waals surface area contributed by atoms with Crippen LogP contribution in [0.4, 0.5) is 0 Å². The Balaban J connectivity index is 2.35. The molecule has 0 aliphatic carbocycles. The van der Waals surface area contributed by atoms with Gasteiger partial charge in [0.2, 0.25) is 0 Å². The second-order valence-electron chi connectivity index (χ2n) is 5.91. The first-order valence-corrected chi connectivity index (χ1v) is 9.81. The molecule has 0 heterocycles. The Morgan fingerprint density at radius 2 is 1.85 bits per heavy atom. The lowest BCUT2D eigenvalue weighted by molar-refractivity contribution is 0.0487. The van der Waals surface area contributed by atoms with Crippen LogP contribution in [0.3, 0.4) is 0 Å². The van der Waals surface area contributed by atoms with Crippen molar-refractivity contribution in [1.29, 1.82) is 0 Å². The van der Waals surface area contributed by atoms with Gasteiger partial charge in [-0.25, -0.2) is 4.99 Å². The van der Waals surface area contributed by atoms with Gasteiger partial charge in [0.05, 0.1) is 26.4 Å². The van der Waals surface area contributed by atoms with Gasteiger partial charge in [-0.2, -0.15) is 0 Å². The molecule has 0 bridgehead atoms. The summed E-state index contributed by atoms with van der Waals surface area (Å²) < 4.78 is 16.7. The highest BCUT2D eigenvalue weighted by Crippen LogP contribution is 2.18. The van der Waals surface area contributed by atoms with Gasteiger partial charge in [-0.05, 0) is 19.4 Å². The van der Waals surface area contributed by atoms with Gasteiger partial charge in [-0.1, -0.05) is 44.2 Å². The Morgan fingerprint density at radius 3 is 2.59 bits per heavy atom. The van der Waals surface area contributed by atoms with Crippen molar-refractivity contribution in [3.63, 3.8) is 0 Å². The predicted octanol–water partition coefficient (Wildman–Crippen LogP) is 3.14. The molecule has 0 spiro atoms. The van der Waals surface area contributed by atoms with E-state index in [0.717, 1.165) is 43.3 Å². The first kappa shape index (κ1) is 23.0. The Bertz CT molecular complexity index is 535. The van der Waals surface area contributed by atoms with Crippen LogP contribution in [0.15, 0.2) is 41.9 Å². The van der Waals surface area contributed by atoms with Crippen molar-refractivity contribution in [2.24, 2.45) is 4.99 Å². The molecule has 0 radical (unpaired) electrons. The number of nitrogens with one attached hydrogen (secondary N) is 2. The quantitative estimate of drug-likeness (QED) is 0.213. The number of hydrogen-bond donors (Lipinski definition) is 2. The van der Waals surface area contributed by atoms with Crippen molar-refractivity contribution in [1.82, 2.24) is 10.6 Å². The maximum Gasteiger partial charge on any atom is 0.191 e. The molecule has 0 unspecified atom stereocenters. The van der Waals surface area contributed by atoms with Crippen LogP contribution < -0.4 is 15.4 Å². The molecule has 1 rings (SSSR count). The van der Waals surface area contributed by atoms with Crippen LogP contribution in [0.5, 0.6) is 5.75 Å². The van der Waals surface area contributed by atoms with Gasteiger partial charge >= 0.3 is 0 Å². The van der Waals surface area contributed by atoms with Crippen molar-refractivity contribution in [3.8, 4) is 5.75 Å². The maximum absolute atomic E-state index is 5.68. The average molecular weight is 378 g/mol. The van der Waals surface area contributed by atoms with Gasteiger partial charge in [0.15, 0.2) is 5.96 Å². The summed E-state index contributed by atoms with van der Waals surface area (Å²) in [6.07, 6.45) is 3.99. The fourth-order valence-electron chi connectivity index (χ4n) is 2.24. The van der Waals surface area contributed by atoms with E-state index in [1.54, 1.807) is 6.08 Å². The third kappa shape index (κ3) is 11.3. The van der Waals surface area contributed by atoms with Crippen molar-refractivity contribution >= 4 is 5.96 Å². The van der Waals surface area contributed by atoms with Crippen LogP contribution in [-0.2, 0) is 16.0 Å². The number of hydrogen-bond acceptors (Lipinski definition) is 4. The fourth-order valence-corrected chi connectivity index (χ4v) is 2.24. The van der Waals surface area contributed by atoms with Crippen molar-refractivity contribution in [3.05, 3.63) is 42.5 Å². The topological polar surface area (TPSA) is 64.1 Å². The maximum atomic E-state index is 5.68. The number of nitrogens with zero attached hydrogens (tertiary/aromatic N) is 1. The van der Waals surface area contributed by atoms with Crippen molar-refractivity contribution in [2.45, 2.75) is 33.2 Å². The molecule has 6 heteroatoms. The smallest absolute Gasteiger partial charge is 0.191 e. The minimum atomic E-state index is 0.485. The van der Waals surface area contributed by atoms with Crippen LogP contribution in [0.2, 0.25) is 0 Å². The molecule has 27 heavy (non-hydrogen) atoms. The van der Waals surface area contributed by atoms with Gasteiger partial charge in [-0.15, -0.1) is 0 Å². The number of benzene rings is 1. The number of guanidine groups is 1. The zero-order chi connectivity index (χ0) is 19.6. The SMILES string of the molecule is C=CCOc1ccccc1CN=C(NCC)NCCOCCOCCCC. The summed E-state index contributed by atoms with van der Waals surface area (Å²) in [5.74, 6) is 1.60. The number of ether oxygens (including phenoxy) is 3. The molecular weight excluding hydrogens is 342 g/mol. The summed E-state index contributed by atoms with van der Waals surface area (Å²) in [6.45, 7) is 13.1. The molecule has 0 fully saturated rings. The van der Waals surface area contributed by atoms with Crippen LogP contribution in [0.1, 0.15) is 32.3 Å². The molecule has 0 aliphatic heterocycles. The molecule has 0 saturated carbocycles. The van der Waals surface area contributed by atoms with E-state index in [-0.39, 0.29) is 0 Å². The average Bonchev–Trinajstić information content (AvgIpc) is 2.69. The summed E-state index contributed by atoms with van der Waals surface area (Å²) in [5.41, 5.74) is 1.04. The molecule has 1 aromatic rings. The van der Waals surface area contributed by atoms with E-state index >= 15 is 0 Å². The van der Waals surface area contributed by atoms with Gasteiger partial charge in [-0.3, -0.25) is 0 Å². The second-order valence-corrected chi connectivity index (χ2v) is 5.91. The van der Waals surface area contributed by atoms with Crippen molar-refractivity contribution < 1.29 is 14.2 Å². The van der Waals surface area contributed by atoms with E-state index in [1.165, 1.54) is 0 Å². The summed E-state index contributed by atoms with van der Waals surface area (Å²) in [6, 6.07) is 7.92. The zero-order valence-corrected chi connectivity index (χ0v) is 16.8. The second kappa shape index (κ2) is 16.1. The number of rotatable bonds is 15. The molecular formula is C21H35N3O3. The monoisotopic (exact) mass is 377 g/mol. The molecule has 0 amide bonds. The van der Waals surface area contributed by atoms with Crippen LogP contribution >= 0.6 is 0 Å². The Kier molecular flexibility index (Phi) is 13.7. The molecule has 152 valence electrons. The van der Waals surface area contributed by atoms with Crippen molar-refractivity contribution in [2.75, 3.05) is 46.1 Å². The van der Waals surface area contributed by atoms with E-state index in [1.807, 2.05) is 31.2 Å². The van der Waals surface area contributed by atoms with Gasteiger partial charge in [0, 0.05) is 25.3 Å². The summed E-state index contributed by atoms with van der Waals surface area (Å²) >= 11 is 0. The molecule has 1 aromatic carbocycles. The Hall–Kier alpha value is -2.05. The standard InChI is InChI=1S/C21H35N3O3/c1-4-7-14-25-16-17-26-15-12-23-21(22-6-3)24-18-19-10-8-9-11-20(19)27-13-5-2/h5,8-11H,2,4,6-7,12-18H2,1,3H3,(H2,22,23,24).